The third-order valence-electron chi connectivity index (χ3n) is 3.21. The van der Waals surface area contributed by atoms with Crippen LogP contribution in [-0.2, 0) is 21.5 Å². The maximum Gasteiger partial charge on any atom is 0.330 e. The van der Waals surface area contributed by atoms with Crippen LogP contribution in [-0.4, -0.2) is 33.8 Å². The van der Waals surface area contributed by atoms with Crippen LogP contribution in [0.1, 0.15) is 25.6 Å². The Morgan fingerprint density at radius 3 is 2.88 bits per heavy atom. The average molecular weight is 224 g/mol. The van der Waals surface area contributed by atoms with Gasteiger partial charge < -0.3 is 14.4 Å². The first-order valence-corrected chi connectivity index (χ1v) is 5.54. The molecule has 0 unspecified atom stereocenters. The lowest BCUT2D eigenvalue weighted by atomic mass is 9.89. The molecule has 1 fully saturated rings. The van der Waals surface area contributed by atoms with Crippen LogP contribution in [0.5, 0.6) is 0 Å². The lowest BCUT2D eigenvalue weighted by Gasteiger charge is -2.35. The number of carboxylic acids is 1. The number of carbonyl (C=O) groups is 1. The zero-order valence-electron chi connectivity index (χ0n) is 9.35. The number of rotatable bonds is 3. The number of aliphatic carboxylic acids is 1. The molecule has 0 spiro atoms. The van der Waals surface area contributed by atoms with Crippen LogP contribution in [0.2, 0.25) is 0 Å². The van der Waals surface area contributed by atoms with E-state index in [4.69, 9.17) is 4.74 Å². The summed E-state index contributed by atoms with van der Waals surface area (Å²) in [6.45, 7) is 2.97. The van der Waals surface area contributed by atoms with E-state index < -0.39 is 11.5 Å². The van der Waals surface area contributed by atoms with Crippen molar-refractivity contribution < 1.29 is 14.6 Å². The zero-order chi connectivity index (χ0) is 11.6. The van der Waals surface area contributed by atoms with E-state index in [0.29, 0.717) is 26.1 Å². The quantitative estimate of drug-likeness (QED) is 0.833. The van der Waals surface area contributed by atoms with Crippen molar-refractivity contribution in [3.63, 3.8) is 0 Å². The number of hydrogen-bond acceptors (Lipinski definition) is 3. The largest absolute Gasteiger partial charge is 0.479 e. The van der Waals surface area contributed by atoms with E-state index in [1.165, 1.54) is 0 Å². The summed E-state index contributed by atoms with van der Waals surface area (Å²) in [6.07, 6.45) is 5.18. The van der Waals surface area contributed by atoms with Crippen LogP contribution in [0.15, 0.2) is 12.4 Å². The Morgan fingerprint density at radius 2 is 2.31 bits per heavy atom. The summed E-state index contributed by atoms with van der Waals surface area (Å²) in [7, 11) is 0. The van der Waals surface area contributed by atoms with Crippen molar-refractivity contribution >= 4 is 5.97 Å². The van der Waals surface area contributed by atoms with Crippen molar-refractivity contribution in [2.75, 3.05) is 13.2 Å². The van der Waals surface area contributed by atoms with Gasteiger partial charge in [0.05, 0.1) is 0 Å². The molecule has 0 radical (unpaired) electrons. The SMILES string of the molecule is CCc1nccn1C1(C(=O)O)CCOCC1. The summed E-state index contributed by atoms with van der Waals surface area (Å²) < 4.78 is 7.05. The molecule has 1 aliphatic rings. The molecule has 0 aromatic carbocycles. The van der Waals surface area contributed by atoms with Crippen molar-refractivity contribution in [1.82, 2.24) is 9.55 Å². The molecule has 0 aliphatic carbocycles. The molecule has 5 nitrogen and oxygen atoms in total. The van der Waals surface area contributed by atoms with Crippen LogP contribution in [0, 0.1) is 0 Å². The van der Waals surface area contributed by atoms with E-state index in [9.17, 15) is 9.90 Å². The van der Waals surface area contributed by atoms with Gasteiger partial charge in [0.15, 0.2) is 0 Å². The van der Waals surface area contributed by atoms with Gasteiger partial charge in [0.1, 0.15) is 11.4 Å². The Morgan fingerprint density at radius 1 is 1.62 bits per heavy atom. The molecular formula is C11H16N2O3. The topological polar surface area (TPSA) is 64.4 Å². The third kappa shape index (κ3) is 1.61. The van der Waals surface area contributed by atoms with Crippen molar-refractivity contribution in [3.05, 3.63) is 18.2 Å². The molecule has 2 rings (SSSR count). The highest BCUT2D eigenvalue weighted by molar-refractivity contribution is 5.77. The number of carboxylic acid groups (broad SMARTS) is 1. The molecule has 1 saturated heterocycles. The Labute approximate surface area is 94.1 Å². The molecule has 16 heavy (non-hydrogen) atoms. The first kappa shape index (κ1) is 11.1. The molecule has 0 bridgehead atoms. The van der Waals surface area contributed by atoms with Crippen LogP contribution < -0.4 is 0 Å². The van der Waals surface area contributed by atoms with Gasteiger partial charge in [0.25, 0.3) is 0 Å². The van der Waals surface area contributed by atoms with E-state index in [1.807, 2.05) is 6.92 Å². The monoisotopic (exact) mass is 224 g/mol. The van der Waals surface area contributed by atoms with Gasteiger partial charge in [-0.05, 0) is 0 Å². The van der Waals surface area contributed by atoms with Gasteiger partial charge in [-0.25, -0.2) is 9.78 Å². The van der Waals surface area contributed by atoms with E-state index in [0.717, 1.165) is 12.2 Å². The van der Waals surface area contributed by atoms with E-state index in [-0.39, 0.29) is 0 Å². The molecule has 88 valence electrons. The predicted molar refractivity (Wildman–Crippen MR) is 57.3 cm³/mol. The maximum atomic E-state index is 11.5. The standard InChI is InChI=1S/C11H16N2O3/c1-2-9-12-5-6-13(9)11(10(14)15)3-7-16-8-4-11/h5-6H,2-4,7-8H2,1H3,(H,14,15). The molecule has 0 saturated carbocycles. The molecule has 0 amide bonds. The first-order chi connectivity index (χ1) is 7.70. The van der Waals surface area contributed by atoms with E-state index in [2.05, 4.69) is 4.98 Å². The smallest absolute Gasteiger partial charge is 0.330 e. The van der Waals surface area contributed by atoms with Gasteiger partial charge in [0.2, 0.25) is 0 Å². The average Bonchev–Trinajstić information content (AvgIpc) is 2.78. The fraction of sp³-hybridized carbons (Fsp3) is 0.636. The summed E-state index contributed by atoms with van der Waals surface area (Å²) in [4.78, 5) is 15.7. The highest BCUT2D eigenvalue weighted by atomic mass is 16.5. The van der Waals surface area contributed by atoms with Crippen molar-refractivity contribution in [2.24, 2.45) is 0 Å². The zero-order valence-corrected chi connectivity index (χ0v) is 9.35. The number of aromatic nitrogens is 2. The molecule has 1 N–H and O–H groups in total. The maximum absolute atomic E-state index is 11.5. The molecule has 0 atom stereocenters. The summed E-state index contributed by atoms with van der Waals surface area (Å²) in [5, 5.41) is 9.48. The summed E-state index contributed by atoms with van der Waals surface area (Å²) in [5.41, 5.74) is -0.861. The second kappa shape index (κ2) is 4.25. The van der Waals surface area contributed by atoms with E-state index >= 15 is 0 Å². The van der Waals surface area contributed by atoms with Gasteiger partial charge in [-0.2, -0.15) is 0 Å². The number of nitrogens with zero attached hydrogens (tertiary/aromatic N) is 2. The minimum atomic E-state index is -0.861. The Kier molecular flexibility index (Phi) is 2.96. The fourth-order valence-corrected chi connectivity index (χ4v) is 2.25. The Bertz CT molecular complexity index is 380. The Balaban J connectivity index is 2.42. The summed E-state index contributed by atoms with van der Waals surface area (Å²) in [6, 6.07) is 0. The highest BCUT2D eigenvalue weighted by Gasteiger charge is 2.42. The fourth-order valence-electron chi connectivity index (χ4n) is 2.25. The van der Waals surface area contributed by atoms with Gasteiger partial charge >= 0.3 is 5.97 Å². The first-order valence-electron chi connectivity index (χ1n) is 5.54. The van der Waals surface area contributed by atoms with Gasteiger partial charge in [-0.3, -0.25) is 0 Å². The van der Waals surface area contributed by atoms with Crippen LogP contribution >= 0.6 is 0 Å². The van der Waals surface area contributed by atoms with Gasteiger partial charge in [-0.1, -0.05) is 6.92 Å². The second-order valence-corrected chi connectivity index (χ2v) is 4.02. The number of imidazole rings is 1. The lowest BCUT2D eigenvalue weighted by Crippen LogP contribution is -2.46. The normalized spacial score (nSPS) is 19.6. The number of hydrogen-bond donors (Lipinski definition) is 1. The second-order valence-electron chi connectivity index (χ2n) is 4.02. The van der Waals surface area contributed by atoms with Gasteiger partial charge in [0, 0.05) is 44.9 Å². The molecule has 1 aromatic heterocycles. The molecular weight excluding hydrogens is 208 g/mol. The van der Waals surface area contributed by atoms with Crippen LogP contribution in [0.4, 0.5) is 0 Å². The number of aryl methyl sites for hydroxylation is 1. The Hall–Kier alpha value is -1.36. The summed E-state index contributed by atoms with van der Waals surface area (Å²) >= 11 is 0. The lowest BCUT2D eigenvalue weighted by molar-refractivity contribution is -0.153. The number of ether oxygens (including phenoxy) is 1. The summed E-state index contributed by atoms with van der Waals surface area (Å²) in [5.74, 6) is 0.0350. The molecule has 1 aliphatic heterocycles. The van der Waals surface area contributed by atoms with E-state index in [1.54, 1.807) is 17.0 Å². The minimum absolute atomic E-state index is 0.494. The predicted octanol–water partition coefficient (Wildman–Crippen LogP) is 1.04. The van der Waals surface area contributed by atoms with Crippen LogP contribution in [0.3, 0.4) is 0 Å². The molecule has 5 heteroatoms. The molecule has 2 heterocycles. The highest BCUT2D eigenvalue weighted by Crippen LogP contribution is 2.30. The third-order valence-corrected chi connectivity index (χ3v) is 3.21. The molecule has 1 aromatic rings. The van der Waals surface area contributed by atoms with Crippen molar-refractivity contribution in [3.8, 4) is 0 Å². The van der Waals surface area contributed by atoms with Crippen molar-refractivity contribution in [1.29, 1.82) is 0 Å². The van der Waals surface area contributed by atoms with Crippen molar-refractivity contribution in [2.45, 2.75) is 31.7 Å². The minimum Gasteiger partial charge on any atom is -0.479 e. The van der Waals surface area contributed by atoms with Crippen LogP contribution in [0.25, 0.3) is 0 Å². The van der Waals surface area contributed by atoms with Gasteiger partial charge in [-0.15, -0.1) is 0 Å².